The third kappa shape index (κ3) is 3.62. The average molecular weight is 358 g/mol. The minimum absolute atomic E-state index is 0.425. The van der Waals surface area contributed by atoms with Gasteiger partial charge < -0.3 is 5.32 Å². The largest absolute Gasteiger partial charge is 0.416 e. The molecular formula is C19H17F3N4. The van der Waals surface area contributed by atoms with Gasteiger partial charge in [0, 0.05) is 18.5 Å². The highest BCUT2D eigenvalue weighted by Crippen LogP contribution is 2.40. The number of nitrogens with one attached hydrogen (secondary N) is 1. The van der Waals surface area contributed by atoms with E-state index < -0.39 is 11.7 Å². The molecule has 1 aromatic heterocycles. The van der Waals surface area contributed by atoms with E-state index in [4.69, 9.17) is 0 Å². The third-order valence-corrected chi connectivity index (χ3v) is 4.56. The maximum absolute atomic E-state index is 12.6. The van der Waals surface area contributed by atoms with Gasteiger partial charge in [0.15, 0.2) is 0 Å². The van der Waals surface area contributed by atoms with Gasteiger partial charge in [-0.25, -0.2) is 4.68 Å². The fourth-order valence-corrected chi connectivity index (χ4v) is 3.03. The molecule has 2 aromatic carbocycles. The Hall–Kier alpha value is -2.67. The number of hydrogen-bond donors (Lipinski definition) is 1. The van der Waals surface area contributed by atoms with Crippen LogP contribution in [0.15, 0.2) is 60.8 Å². The predicted octanol–water partition coefficient (Wildman–Crippen LogP) is 3.93. The van der Waals surface area contributed by atoms with E-state index in [9.17, 15) is 13.2 Å². The Kier molecular flexibility index (Phi) is 4.24. The quantitative estimate of drug-likeness (QED) is 0.751. The molecule has 1 heterocycles. The standard InChI is InChI=1S/C19H17F3N4/c20-19(21,22)14-6-8-16(9-7-14)26-12-15(24-25-26)11-23-18-10-17(18)13-4-2-1-3-5-13/h1-9,12,17-18,23H,10-11H2/t17-,18+/m0/s1. The number of nitrogens with zero attached hydrogens (tertiary/aromatic N) is 3. The van der Waals surface area contributed by atoms with Crippen molar-refractivity contribution < 1.29 is 13.2 Å². The van der Waals surface area contributed by atoms with Gasteiger partial charge in [-0.15, -0.1) is 5.10 Å². The highest BCUT2D eigenvalue weighted by molar-refractivity contribution is 5.35. The van der Waals surface area contributed by atoms with E-state index >= 15 is 0 Å². The molecule has 1 N–H and O–H groups in total. The van der Waals surface area contributed by atoms with Crippen LogP contribution in [0.4, 0.5) is 13.2 Å². The van der Waals surface area contributed by atoms with E-state index in [1.54, 1.807) is 6.20 Å². The summed E-state index contributed by atoms with van der Waals surface area (Å²) < 4.78 is 39.3. The van der Waals surface area contributed by atoms with Crippen LogP contribution in [0.1, 0.15) is 29.2 Å². The molecular weight excluding hydrogens is 341 g/mol. The molecule has 7 heteroatoms. The molecule has 0 spiro atoms. The summed E-state index contributed by atoms with van der Waals surface area (Å²) in [6.45, 7) is 0.578. The van der Waals surface area contributed by atoms with Crippen molar-refractivity contribution in [1.82, 2.24) is 20.3 Å². The van der Waals surface area contributed by atoms with Gasteiger partial charge in [0.05, 0.1) is 23.1 Å². The summed E-state index contributed by atoms with van der Waals surface area (Å²) in [6, 6.07) is 15.7. The van der Waals surface area contributed by atoms with Gasteiger partial charge in [-0.05, 0) is 36.2 Å². The highest BCUT2D eigenvalue weighted by Gasteiger charge is 2.37. The van der Waals surface area contributed by atoms with Crippen LogP contribution in [0.25, 0.3) is 5.69 Å². The maximum atomic E-state index is 12.6. The van der Waals surface area contributed by atoms with Crippen LogP contribution in [-0.4, -0.2) is 21.0 Å². The van der Waals surface area contributed by atoms with Crippen molar-refractivity contribution in [3.63, 3.8) is 0 Å². The Labute approximate surface area is 148 Å². The molecule has 4 nitrogen and oxygen atoms in total. The number of benzene rings is 2. The smallest absolute Gasteiger partial charge is 0.308 e. The fourth-order valence-electron chi connectivity index (χ4n) is 3.03. The molecule has 0 amide bonds. The van der Waals surface area contributed by atoms with Crippen molar-refractivity contribution in [1.29, 1.82) is 0 Å². The Balaban J connectivity index is 1.35. The molecule has 26 heavy (non-hydrogen) atoms. The molecule has 1 aliphatic rings. The topological polar surface area (TPSA) is 42.7 Å². The first-order valence-corrected chi connectivity index (χ1v) is 8.38. The van der Waals surface area contributed by atoms with Crippen molar-refractivity contribution in [2.45, 2.75) is 31.1 Å². The van der Waals surface area contributed by atoms with Gasteiger partial charge in [-0.2, -0.15) is 13.2 Å². The van der Waals surface area contributed by atoms with Crippen LogP contribution in [0.2, 0.25) is 0 Å². The summed E-state index contributed by atoms with van der Waals surface area (Å²) in [5, 5.41) is 11.5. The van der Waals surface area contributed by atoms with Crippen LogP contribution in [0, 0.1) is 0 Å². The van der Waals surface area contributed by atoms with Crippen molar-refractivity contribution >= 4 is 0 Å². The van der Waals surface area contributed by atoms with Crippen LogP contribution < -0.4 is 5.32 Å². The molecule has 1 saturated carbocycles. The molecule has 0 radical (unpaired) electrons. The highest BCUT2D eigenvalue weighted by atomic mass is 19.4. The predicted molar refractivity (Wildman–Crippen MR) is 90.8 cm³/mol. The van der Waals surface area contributed by atoms with Crippen molar-refractivity contribution in [2.75, 3.05) is 0 Å². The average Bonchev–Trinajstić information content (AvgIpc) is 3.27. The first kappa shape index (κ1) is 16.8. The van der Waals surface area contributed by atoms with E-state index in [-0.39, 0.29) is 0 Å². The molecule has 4 rings (SSSR count). The Bertz CT molecular complexity index is 872. The van der Waals surface area contributed by atoms with Crippen LogP contribution in [0.5, 0.6) is 0 Å². The Morgan fingerprint density at radius 1 is 1.04 bits per heavy atom. The zero-order valence-corrected chi connectivity index (χ0v) is 13.8. The van der Waals surface area contributed by atoms with E-state index in [0.717, 1.165) is 24.2 Å². The van der Waals surface area contributed by atoms with E-state index in [2.05, 4.69) is 27.8 Å². The minimum Gasteiger partial charge on any atom is -0.308 e. The molecule has 0 bridgehead atoms. The fraction of sp³-hybridized carbons (Fsp3) is 0.263. The molecule has 1 aliphatic carbocycles. The molecule has 3 aromatic rings. The number of alkyl halides is 3. The summed E-state index contributed by atoms with van der Waals surface area (Å²) in [5.41, 5.74) is 1.95. The normalized spacial score (nSPS) is 19.5. The number of rotatable bonds is 5. The molecule has 1 fully saturated rings. The first-order valence-electron chi connectivity index (χ1n) is 8.38. The SMILES string of the molecule is FC(F)(F)c1ccc(-n2cc(CN[C@@H]3C[C@H]3c3ccccc3)nn2)cc1. The van der Waals surface area contributed by atoms with Gasteiger partial charge >= 0.3 is 6.18 Å². The number of halogens is 3. The number of hydrogen-bond acceptors (Lipinski definition) is 3. The van der Waals surface area contributed by atoms with Gasteiger partial charge in [0.25, 0.3) is 0 Å². The Morgan fingerprint density at radius 2 is 1.77 bits per heavy atom. The monoisotopic (exact) mass is 358 g/mol. The van der Waals surface area contributed by atoms with Gasteiger partial charge in [0.1, 0.15) is 0 Å². The summed E-state index contributed by atoms with van der Waals surface area (Å²) in [5.74, 6) is 0.529. The maximum Gasteiger partial charge on any atom is 0.416 e. The summed E-state index contributed by atoms with van der Waals surface area (Å²) >= 11 is 0. The van der Waals surface area contributed by atoms with Crippen LogP contribution >= 0.6 is 0 Å². The van der Waals surface area contributed by atoms with Gasteiger partial charge in [-0.3, -0.25) is 0 Å². The third-order valence-electron chi connectivity index (χ3n) is 4.56. The zero-order valence-electron chi connectivity index (χ0n) is 13.8. The van der Waals surface area contributed by atoms with Crippen molar-refractivity contribution in [2.24, 2.45) is 0 Å². The lowest BCUT2D eigenvalue weighted by atomic mass is 10.1. The number of aromatic nitrogens is 3. The molecule has 0 unspecified atom stereocenters. The minimum atomic E-state index is -4.34. The van der Waals surface area contributed by atoms with E-state index in [1.165, 1.54) is 22.4 Å². The summed E-state index contributed by atoms with van der Waals surface area (Å²) in [6.07, 6.45) is -1.51. The zero-order chi connectivity index (χ0) is 18.1. The molecule has 0 aliphatic heterocycles. The second-order valence-corrected chi connectivity index (χ2v) is 6.44. The second-order valence-electron chi connectivity index (χ2n) is 6.44. The Morgan fingerprint density at radius 3 is 2.46 bits per heavy atom. The summed E-state index contributed by atoms with van der Waals surface area (Å²) in [4.78, 5) is 0. The molecule has 2 atom stereocenters. The lowest BCUT2D eigenvalue weighted by Gasteiger charge is -2.07. The van der Waals surface area contributed by atoms with Gasteiger partial charge in [-0.1, -0.05) is 35.5 Å². The second kappa shape index (κ2) is 6.57. The van der Waals surface area contributed by atoms with Crippen LogP contribution in [-0.2, 0) is 12.7 Å². The van der Waals surface area contributed by atoms with E-state index in [0.29, 0.717) is 24.2 Å². The lowest BCUT2D eigenvalue weighted by Crippen LogP contribution is -2.17. The van der Waals surface area contributed by atoms with Crippen LogP contribution in [0.3, 0.4) is 0 Å². The molecule has 134 valence electrons. The van der Waals surface area contributed by atoms with E-state index in [1.807, 2.05) is 18.2 Å². The van der Waals surface area contributed by atoms with Crippen molar-refractivity contribution in [3.8, 4) is 5.69 Å². The van der Waals surface area contributed by atoms with Crippen molar-refractivity contribution in [3.05, 3.63) is 77.6 Å². The molecule has 0 saturated heterocycles. The first-order chi connectivity index (χ1) is 12.5. The summed E-state index contributed by atoms with van der Waals surface area (Å²) in [7, 11) is 0. The van der Waals surface area contributed by atoms with Gasteiger partial charge in [0.2, 0.25) is 0 Å². The lowest BCUT2D eigenvalue weighted by molar-refractivity contribution is -0.137.